The Bertz CT molecular complexity index is 1270. The number of carbonyl (C=O) groups excluding carboxylic acids is 1. The minimum atomic E-state index is -0.0770. The summed E-state index contributed by atoms with van der Waals surface area (Å²) in [7, 11) is 0. The molecule has 2 aliphatic rings. The van der Waals surface area contributed by atoms with E-state index in [0.29, 0.717) is 15.8 Å². The third-order valence-corrected chi connectivity index (χ3v) is 7.58. The molecule has 2 aliphatic heterocycles. The largest absolute Gasteiger partial charge is 0.508 e. The van der Waals surface area contributed by atoms with Gasteiger partial charge >= 0.3 is 0 Å². The van der Waals surface area contributed by atoms with E-state index in [1.54, 1.807) is 40.9 Å². The van der Waals surface area contributed by atoms with Crippen LogP contribution >= 0.6 is 23.5 Å². The van der Waals surface area contributed by atoms with Crippen LogP contribution in [0.15, 0.2) is 92.6 Å². The highest BCUT2D eigenvalue weighted by molar-refractivity contribution is 8.20. The SMILES string of the molecule is CCN1C(=C2SC(=Nc3ccc(O)cc3)N(c3cccc(C)c3)C2=O)Sc2ccccc21. The summed E-state index contributed by atoms with van der Waals surface area (Å²) in [4.78, 5) is 24.2. The van der Waals surface area contributed by atoms with Crippen LogP contribution in [-0.4, -0.2) is 22.7 Å². The number of aliphatic imine (C=N–C) groups is 1. The van der Waals surface area contributed by atoms with Crippen LogP contribution in [0.1, 0.15) is 12.5 Å². The number of aryl methyl sites for hydroxylation is 1. The lowest BCUT2D eigenvalue weighted by atomic mass is 10.2. The lowest BCUT2D eigenvalue weighted by Crippen LogP contribution is -2.29. The van der Waals surface area contributed by atoms with Crippen LogP contribution in [0.25, 0.3) is 0 Å². The van der Waals surface area contributed by atoms with Crippen LogP contribution in [0.4, 0.5) is 17.1 Å². The van der Waals surface area contributed by atoms with Crippen molar-refractivity contribution >= 4 is 51.7 Å². The second-order valence-corrected chi connectivity index (χ2v) is 9.45. The zero-order valence-corrected chi connectivity index (χ0v) is 19.3. The molecule has 1 saturated heterocycles. The molecule has 5 nitrogen and oxygen atoms in total. The highest BCUT2D eigenvalue weighted by Crippen LogP contribution is 2.51. The highest BCUT2D eigenvalue weighted by atomic mass is 32.2. The maximum Gasteiger partial charge on any atom is 0.274 e. The van der Waals surface area contributed by atoms with Gasteiger partial charge in [-0.05, 0) is 79.7 Å². The van der Waals surface area contributed by atoms with Gasteiger partial charge < -0.3 is 10.0 Å². The van der Waals surface area contributed by atoms with Gasteiger partial charge in [0.1, 0.15) is 15.7 Å². The van der Waals surface area contributed by atoms with Gasteiger partial charge in [-0.1, -0.05) is 36.0 Å². The maximum atomic E-state index is 13.8. The number of carbonyl (C=O) groups is 1. The number of hydrogen-bond donors (Lipinski definition) is 1. The number of benzene rings is 3. The zero-order valence-electron chi connectivity index (χ0n) is 17.6. The summed E-state index contributed by atoms with van der Waals surface area (Å²) in [5.74, 6) is 0.105. The summed E-state index contributed by atoms with van der Waals surface area (Å²) in [5, 5.41) is 11.2. The molecule has 0 radical (unpaired) electrons. The maximum absolute atomic E-state index is 13.8. The Balaban J connectivity index is 1.63. The molecule has 1 fully saturated rings. The van der Waals surface area contributed by atoms with E-state index in [-0.39, 0.29) is 11.7 Å². The summed E-state index contributed by atoms with van der Waals surface area (Å²) < 4.78 is 0. The first-order chi connectivity index (χ1) is 15.5. The van der Waals surface area contributed by atoms with Gasteiger partial charge in [0.05, 0.1) is 17.1 Å². The van der Waals surface area contributed by atoms with Crippen molar-refractivity contribution in [3.63, 3.8) is 0 Å². The van der Waals surface area contributed by atoms with Crippen LogP contribution in [0.3, 0.4) is 0 Å². The number of thioether (sulfide) groups is 2. The van der Waals surface area contributed by atoms with E-state index in [1.165, 1.54) is 11.8 Å². The number of amides is 1. The van der Waals surface area contributed by atoms with Crippen molar-refractivity contribution in [3.05, 3.63) is 88.3 Å². The zero-order chi connectivity index (χ0) is 22.2. The van der Waals surface area contributed by atoms with Crippen LogP contribution in [0.5, 0.6) is 5.75 Å². The molecule has 3 aromatic carbocycles. The average molecular weight is 460 g/mol. The number of amidine groups is 1. The van der Waals surface area contributed by atoms with Crippen LogP contribution in [0.2, 0.25) is 0 Å². The third-order valence-electron chi connectivity index (χ3n) is 5.23. The number of phenols is 1. The van der Waals surface area contributed by atoms with Gasteiger partial charge in [-0.15, -0.1) is 0 Å². The van der Waals surface area contributed by atoms with Gasteiger partial charge in [-0.2, -0.15) is 0 Å². The topological polar surface area (TPSA) is 56.1 Å². The van der Waals surface area contributed by atoms with E-state index in [9.17, 15) is 9.90 Å². The number of anilines is 2. The molecule has 7 heteroatoms. The lowest BCUT2D eigenvalue weighted by molar-refractivity contribution is -0.113. The van der Waals surface area contributed by atoms with Crippen molar-refractivity contribution in [2.24, 2.45) is 4.99 Å². The van der Waals surface area contributed by atoms with Gasteiger partial charge in [0.15, 0.2) is 5.17 Å². The summed E-state index contributed by atoms with van der Waals surface area (Å²) in [6, 6.07) is 22.8. The molecular weight excluding hydrogens is 438 g/mol. The number of para-hydroxylation sites is 1. The first kappa shape index (κ1) is 20.7. The van der Waals surface area contributed by atoms with E-state index >= 15 is 0 Å². The average Bonchev–Trinajstić information content (AvgIpc) is 3.32. The standard InChI is InChI=1S/C25H21N3O2S2/c1-3-27-20-9-4-5-10-21(20)31-24(27)22-23(30)28(18-8-6-7-16(2)15-18)25(32-22)26-17-11-13-19(29)14-12-17/h4-15,29H,3H2,1-2H3. The molecule has 2 heterocycles. The number of aromatic hydroxyl groups is 1. The van der Waals surface area contributed by atoms with Gasteiger partial charge in [0.25, 0.3) is 5.91 Å². The summed E-state index contributed by atoms with van der Waals surface area (Å²) in [6.45, 7) is 4.87. The van der Waals surface area contributed by atoms with E-state index in [2.05, 4.69) is 24.0 Å². The van der Waals surface area contributed by atoms with Crippen molar-refractivity contribution in [3.8, 4) is 5.75 Å². The van der Waals surface area contributed by atoms with E-state index in [1.807, 2.05) is 43.3 Å². The van der Waals surface area contributed by atoms with E-state index in [4.69, 9.17) is 4.99 Å². The van der Waals surface area contributed by atoms with Gasteiger partial charge in [-0.3, -0.25) is 9.69 Å². The van der Waals surface area contributed by atoms with Gasteiger partial charge in [-0.25, -0.2) is 4.99 Å². The molecule has 3 aromatic rings. The quantitative estimate of drug-likeness (QED) is 0.468. The molecule has 0 aromatic heterocycles. The van der Waals surface area contributed by atoms with Gasteiger partial charge in [0, 0.05) is 11.4 Å². The molecule has 0 spiro atoms. The van der Waals surface area contributed by atoms with Crippen molar-refractivity contribution < 1.29 is 9.90 Å². The molecule has 1 amide bonds. The Morgan fingerprint density at radius 2 is 1.75 bits per heavy atom. The summed E-state index contributed by atoms with van der Waals surface area (Å²) in [6.07, 6.45) is 0. The molecule has 32 heavy (non-hydrogen) atoms. The Hall–Kier alpha value is -3.16. The smallest absolute Gasteiger partial charge is 0.274 e. The number of nitrogens with zero attached hydrogens (tertiary/aromatic N) is 3. The molecular formula is C25H21N3O2S2. The Kier molecular flexibility index (Phi) is 5.45. The predicted molar refractivity (Wildman–Crippen MR) is 134 cm³/mol. The molecule has 5 rings (SSSR count). The first-order valence-corrected chi connectivity index (χ1v) is 11.9. The fourth-order valence-corrected chi connectivity index (χ4v) is 6.12. The second-order valence-electron chi connectivity index (χ2n) is 7.44. The van der Waals surface area contributed by atoms with E-state index in [0.717, 1.165) is 33.4 Å². The minimum Gasteiger partial charge on any atom is -0.508 e. The number of rotatable bonds is 3. The summed E-state index contributed by atoms with van der Waals surface area (Å²) >= 11 is 3.02. The predicted octanol–water partition coefficient (Wildman–Crippen LogP) is 6.27. The minimum absolute atomic E-state index is 0.0770. The molecule has 0 atom stereocenters. The van der Waals surface area contributed by atoms with Crippen molar-refractivity contribution in [2.45, 2.75) is 18.7 Å². The third kappa shape index (κ3) is 3.67. The van der Waals surface area contributed by atoms with Crippen LogP contribution in [0, 0.1) is 6.92 Å². The van der Waals surface area contributed by atoms with Crippen molar-refractivity contribution in [2.75, 3.05) is 16.3 Å². The first-order valence-electron chi connectivity index (χ1n) is 10.3. The highest BCUT2D eigenvalue weighted by Gasteiger charge is 2.40. The van der Waals surface area contributed by atoms with Crippen LogP contribution < -0.4 is 9.80 Å². The Labute approximate surface area is 195 Å². The summed E-state index contributed by atoms with van der Waals surface area (Å²) in [5.41, 5.74) is 3.67. The number of hydrogen-bond acceptors (Lipinski definition) is 6. The second kappa shape index (κ2) is 8.41. The number of fused-ring (bicyclic) bond motifs is 1. The molecule has 160 valence electrons. The Morgan fingerprint density at radius 3 is 2.50 bits per heavy atom. The Morgan fingerprint density at radius 1 is 0.969 bits per heavy atom. The lowest BCUT2D eigenvalue weighted by Gasteiger charge is -2.19. The van der Waals surface area contributed by atoms with Gasteiger partial charge in [0.2, 0.25) is 0 Å². The van der Waals surface area contributed by atoms with E-state index < -0.39 is 0 Å². The van der Waals surface area contributed by atoms with Crippen molar-refractivity contribution in [1.29, 1.82) is 0 Å². The van der Waals surface area contributed by atoms with Crippen molar-refractivity contribution in [1.82, 2.24) is 0 Å². The van der Waals surface area contributed by atoms with Crippen LogP contribution in [-0.2, 0) is 4.79 Å². The molecule has 0 saturated carbocycles. The fourth-order valence-electron chi connectivity index (χ4n) is 3.73. The molecule has 1 N–H and O–H groups in total. The monoisotopic (exact) mass is 459 g/mol. The molecule has 0 aliphatic carbocycles. The number of phenolic OH excluding ortho intramolecular Hbond substituents is 1. The fraction of sp³-hybridized carbons (Fsp3) is 0.120. The molecule has 0 bridgehead atoms. The normalized spacial score (nSPS) is 19.2. The molecule has 0 unspecified atom stereocenters.